The molecule has 0 aliphatic rings. The smallest absolute Gasteiger partial charge is 0.340 e. The summed E-state index contributed by atoms with van der Waals surface area (Å²) in [4.78, 5) is 42.4. The van der Waals surface area contributed by atoms with Gasteiger partial charge in [0.1, 0.15) is 0 Å². The molecular weight excluding hydrogens is 432 g/mol. The lowest BCUT2D eigenvalue weighted by molar-refractivity contribution is -0.117. The third-order valence-corrected chi connectivity index (χ3v) is 5.71. The zero-order chi connectivity index (χ0) is 24.8. The molecule has 0 spiro atoms. The van der Waals surface area contributed by atoms with Crippen molar-refractivity contribution in [3.05, 3.63) is 82.7 Å². The first kappa shape index (κ1) is 24.6. The highest BCUT2D eigenvalue weighted by Gasteiger charge is 2.27. The molecule has 0 radical (unpaired) electrons. The van der Waals surface area contributed by atoms with E-state index in [1.807, 2.05) is 37.3 Å². The molecule has 7 nitrogen and oxygen atoms in total. The zero-order valence-corrected chi connectivity index (χ0v) is 20.0. The summed E-state index contributed by atoms with van der Waals surface area (Å²) in [5.74, 6) is -1.59. The SMILES string of the molecule is CCC(C(=O)Nc1ccc(-c2c(C(=O)OC)c(C)nc(C)c2C(=O)OC)cc1)c1ccccc1. The van der Waals surface area contributed by atoms with E-state index in [9.17, 15) is 14.4 Å². The van der Waals surface area contributed by atoms with Crippen LogP contribution in [-0.4, -0.2) is 37.0 Å². The molecule has 3 aromatic rings. The molecule has 1 N–H and O–H groups in total. The minimum Gasteiger partial charge on any atom is -0.465 e. The van der Waals surface area contributed by atoms with Gasteiger partial charge in [0.05, 0.1) is 42.7 Å². The van der Waals surface area contributed by atoms with E-state index in [-0.39, 0.29) is 23.0 Å². The van der Waals surface area contributed by atoms with Crippen molar-refractivity contribution < 1.29 is 23.9 Å². The lowest BCUT2D eigenvalue weighted by Crippen LogP contribution is -2.20. The van der Waals surface area contributed by atoms with Gasteiger partial charge in [0.2, 0.25) is 5.91 Å². The second-order valence-corrected chi connectivity index (χ2v) is 7.83. The molecule has 0 saturated heterocycles. The van der Waals surface area contributed by atoms with Crippen molar-refractivity contribution in [3.8, 4) is 11.1 Å². The van der Waals surface area contributed by atoms with Gasteiger partial charge in [-0.25, -0.2) is 9.59 Å². The van der Waals surface area contributed by atoms with Gasteiger partial charge in [-0.2, -0.15) is 0 Å². The Morgan fingerprint density at radius 3 is 1.85 bits per heavy atom. The van der Waals surface area contributed by atoms with E-state index >= 15 is 0 Å². The largest absolute Gasteiger partial charge is 0.465 e. The van der Waals surface area contributed by atoms with Crippen LogP contribution in [0.4, 0.5) is 5.69 Å². The third-order valence-electron chi connectivity index (χ3n) is 5.71. The topological polar surface area (TPSA) is 94.6 Å². The van der Waals surface area contributed by atoms with E-state index in [1.54, 1.807) is 38.1 Å². The summed E-state index contributed by atoms with van der Waals surface area (Å²) in [5.41, 5.74) is 3.81. The van der Waals surface area contributed by atoms with Crippen molar-refractivity contribution in [3.63, 3.8) is 0 Å². The molecular formula is C27H28N2O5. The lowest BCUT2D eigenvalue weighted by atomic mass is 9.92. The van der Waals surface area contributed by atoms with Crippen LogP contribution in [0.15, 0.2) is 54.6 Å². The van der Waals surface area contributed by atoms with Gasteiger partial charge in [-0.3, -0.25) is 9.78 Å². The number of aromatic nitrogens is 1. The molecule has 0 bridgehead atoms. The predicted molar refractivity (Wildman–Crippen MR) is 130 cm³/mol. The summed E-state index contributed by atoms with van der Waals surface area (Å²) in [5, 5.41) is 2.96. The average molecular weight is 461 g/mol. The van der Waals surface area contributed by atoms with Gasteiger partial charge < -0.3 is 14.8 Å². The highest BCUT2D eigenvalue weighted by Crippen LogP contribution is 2.33. The van der Waals surface area contributed by atoms with Crippen LogP contribution < -0.4 is 5.32 Å². The Balaban J connectivity index is 2.00. The molecule has 176 valence electrons. The van der Waals surface area contributed by atoms with Crippen molar-refractivity contribution in [2.45, 2.75) is 33.1 Å². The van der Waals surface area contributed by atoms with Crippen molar-refractivity contribution in [1.29, 1.82) is 0 Å². The summed E-state index contributed by atoms with van der Waals surface area (Å²) in [6, 6.07) is 16.6. The second-order valence-electron chi connectivity index (χ2n) is 7.83. The summed E-state index contributed by atoms with van der Waals surface area (Å²) in [6.45, 7) is 5.34. The highest BCUT2D eigenvalue weighted by molar-refractivity contribution is 6.07. The summed E-state index contributed by atoms with van der Waals surface area (Å²) in [6.07, 6.45) is 0.661. The summed E-state index contributed by atoms with van der Waals surface area (Å²) < 4.78 is 9.91. The lowest BCUT2D eigenvalue weighted by Gasteiger charge is -2.18. The van der Waals surface area contributed by atoms with Gasteiger partial charge in [0.15, 0.2) is 0 Å². The van der Waals surface area contributed by atoms with Crippen LogP contribution in [0.25, 0.3) is 11.1 Å². The van der Waals surface area contributed by atoms with E-state index in [0.717, 1.165) is 5.56 Å². The number of benzene rings is 2. The van der Waals surface area contributed by atoms with Gasteiger partial charge >= 0.3 is 11.9 Å². The molecule has 7 heteroatoms. The van der Waals surface area contributed by atoms with Crippen LogP contribution in [0.1, 0.15) is 56.9 Å². The quantitative estimate of drug-likeness (QED) is 0.495. The number of carbonyl (C=O) groups excluding carboxylic acids is 3. The molecule has 1 aromatic heterocycles. The molecule has 0 aliphatic heterocycles. The number of pyridine rings is 1. The zero-order valence-electron chi connectivity index (χ0n) is 20.0. The fourth-order valence-electron chi connectivity index (χ4n) is 4.05. The van der Waals surface area contributed by atoms with Crippen LogP contribution in [0.2, 0.25) is 0 Å². The van der Waals surface area contributed by atoms with Gasteiger partial charge in [-0.05, 0) is 43.5 Å². The normalized spacial score (nSPS) is 11.4. The molecule has 1 amide bonds. The van der Waals surface area contributed by atoms with E-state index in [2.05, 4.69) is 10.3 Å². The first-order chi connectivity index (χ1) is 16.3. The summed E-state index contributed by atoms with van der Waals surface area (Å²) >= 11 is 0. The van der Waals surface area contributed by atoms with E-state index < -0.39 is 11.9 Å². The third kappa shape index (κ3) is 4.98. The van der Waals surface area contributed by atoms with Crippen LogP contribution >= 0.6 is 0 Å². The Kier molecular flexibility index (Phi) is 7.79. The van der Waals surface area contributed by atoms with Crippen LogP contribution in [-0.2, 0) is 14.3 Å². The number of methoxy groups -OCH3 is 2. The first-order valence-electron chi connectivity index (χ1n) is 11.0. The number of amides is 1. The molecule has 1 unspecified atom stereocenters. The number of esters is 2. The Bertz CT molecular complexity index is 1160. The maximum absolute atomic E-state index is 12.9. The Morgan fingerprint density at radius 1 is 0.853 bits per heavy atom. The number of aryl methyl sites for hydroxylation is 2. The minimum absolute atomic E-state index is 0.109. The van der Waals surface area contributed by atoms with Crippen LogP contribution in [0.3, 0.4) is 0 Å². The fourth-order valence-corrected chi connectivity index (χ4v) is 4.05. The first-order valence-corrected chi connectivity index (χ1v) is 11.0. The van der Waals surface area contributed by atoms with Gasteiger partial charge in [0.25, 0.3) is 0 Å². The molecule has 0 aliphatic carbocycles. The standard InChI is InChI=1S/C27H28N2O5/c1-6-21(18-10-8-7-9-11-18)25(30)29-20-14-12-19(13-15-20)24-22(26(31)33-4)16(2)28-17(3)23(24)27(32)34-5/h7-15,21H,6H2,1-5H3,(H,29,30). The number of hydrogen-bond acceptors (Lipinski definition) is 6. The predicted octanol–water partition coefficient (Wildman–Crippen LogP) is 5.07. The molecule has 1 atom stereocenters. The van der Waals surface area contributed by atoms with Gasteiger partial charge in [0, 0.05) is 11.3 Å². The number of nitrogens with zero attached hydrogens (tertiary/aromatic N) is 1. The number of nitrogens with one attached hydrogen (secondary N) is 1. The number of ether oxygens (including phenoxy) is 2. The Labute approximate surface area is 199 Å². The van der Waals surface area contributed by atoms with Gasteiger partial charge in [-0.15, -0.1) is 0 Å². The fraction of sp³-hybridized carbons (Fsp3) is 0.259. The number of rotatable bonds is 7. The van der Waals surface area contributed by atoms with E-state index in [1.165, 1.54) is 14.2 Å². The number of hydrogen-bond donors (Lipinski definition) is 1. The highest BCUT2D eigenvalue weighted by atomic mass is 16.5. The number of anilines is 1. The molecule has 0 fully saturated rings. The molecule has 0 saturated carbocycles. The molecule has 2 aromatic carbocycles. The maximum Gasteiger partial charge on any atom is 0.340 e. The molecule has 34 heavy (non-hydrogen) atoms. The summed E-state index contributed by atoms with van der Waals surface area (Å²) in [7, 11) is 2.55. The monoisotopic (exact) mass is 460 g/mol. The van der Waals surface area contributed by atoms with E-state index in [4.69, 9.17) is 9.47 Å². The molecule has 3 rings (SSSR count). The Hall–Kier alpha value is -4.00. The van der Waals surface area contributed by atoms with Crippen LogP contribution in [0, 0.1) is 13.8 Å². The maximum atomic E-state index is 12.9. The number of carbonyl (C=O) groups is 3. The molecule has 1 heterocycles. The average Bonchev–Trinajstić information content (AvgIpc) is 2.84. The van der Waals surface area contributed by atoms with Crippen LogP contribution in [0.5, 0.6) is 0 Å². The van der Waals surface area contributed by atoms with Crippen molar-refractivity contribution in [1.82, 2.24) is 4.98 Å². The second kappa shape index (κ2) is 10.7. The van der Waals surface area contributed by atoms with Crippen molar-refractivity contribution in [2.75, 3.05) is 19.5 Å². The van der Waals surface area contributed by atoms with Crippen molar-refractivity contribution >= 4 is 23.5 Å². The Morgan fingerprint density at radius 2 is 1.38 bits per heavy atom. The van der Waals surface area contributed by atoms with Crippen molar-refractivity contribution in [2.24, 2.45) is 0 Å². The van der Waals surface area contributed by atoms with E-state index in [0.29, 0.717) is 34.6 Å². The minimum atomic E-state index is -0.601. The van der Waals surface area contributed by atoms with Gasteiger partial charge in [-0.1, -0.05) is 49.4 Å².